The molecule has 2 rings (SSSR count). The summed E-state index contributed by atoms with van der Waals surface area (Å²) in [6.07, 6.45) is 1.44. The average Bonchev–Trinajstić information content (AvgIpc) is 2.37. The molecule has 8 heteroatoms. The van der Waals surface area contributed by atoms with E-state index in [1.807, 2.05) is 0 Å². The fourth-order valence-corrected chi connectivity index (χ4v) is 2.15. The molecule has 5 nitrogen and oxygen atoms in total. The van der Waals surface area contributed by atoms with Gasteiger partial charge in [-0.05, 0) is 40.2 Å². The quantitative estimate of drug-likeness (QED) is 0.728. The number of amides is 2. The molecule has 0 fully saturated rings. The van der Waals surface area contributed by atoms with Gasteiger partial charge in [-0.25, -0.2) is 9.78 Å². The van der Waals surface area contributed by atoms with Crippen molar-refractivity contribution >= 4 is 62.4 Å². The number of nitrogens with two attached hydrogens (primary N) is 1. The van der Waals surface area contributed by atoms with Gasteiger partial charge in [-0.15, -0.1) is 0 Å². The molecule has 0 saturated heterocycles. The van der Waals surface area contributed by atoms with Crippen LogP contribution >= 0.6 is 39.1 Å². The first kappa shape index (κ1) is 14.9. The van der Waals surface area contributed by atoms with Crippen molar-refractivity contribution in [2.24, 2.45) is 0 Å². The standard InChI is InChI=1S/C12H9BrCl2N4O/c13-8-3-6(16)5-17-11(8)19-12(20)18-7-1-2-9(14)10(15)4-7/h1-5H,16H2,(H2,17,18,19,20). The maximum atomic E-state index is 11.8. The van der Waals surface area contributed by atoms with Crippen molar-refractivity contribution in [3.05, 3.63) is 45.0 Å². The van der Waals surface area contributed by atoms with Crippen molar-refractivity contribution in [1.29, 1.82) is 0 Å². The molecular weight excluding hydrogens is 367 g/mol. The van der Waals surface area contributed by atoms with Crippen molar-refractivity contribution in [2.75, 3.05) is 16.4 Å². The van der Waals surface area contributed by atoms with E-state index in [9.17, 15) is 4.79 Å². The normalized spacial score (nSPS) is 10.2. The van der Waals surface area contributed by atoms with Crippen LogP contribution in [0.2, 0.25) is 10.0 Å². The van der Waals surface area contributed by atoms with Crippen LogP contribution in [0.15, 0.2) is 34.9 Å². The van der Waals surface area contributed by atoms with Crippen LogP contribution in [0, 0.1) is 0 Å². The Labute approximate surface area is 133 Å². The SMILES string of the molecule is Nc1cnc(NC(=O)Nc2ccc(Cl)c(Cl)c2)c(Br)c1. The summed E-state index contributed by atoms with van der Waals surface area (Å²) in [5.74, 6) is 0.358. The van der Waals surface area contributed by atoms with Crippen LogP contribution in [-0.4, -0.2) is 11.0 Å². The second-order valence-electron chi connectivity index (χ2n) is 3.81. The number of nitrogen functional groups attached to an aromatic ring is 1. The molecule has 4 N–H and O–H groups in total. The molecule has 2 amide bonds. The van der Waals surface area contributed by atoms with Gasteiger partial charge in [0.2, 0.25) is 0 Å². The maximum Gasteiger partial charge on any atom is 0.324 e. The van der Waals surface area contributed by atoms with Crippen molar-refractivity contribution in [3.63, 3.8) is 0 Å². The van der Waals surface area contributed by atoms with Gasteiger partial charge in [0.25, 0.3) is 0 Å². The van der Waals surface area contributed by atoms with Crippen molar-refractivity contribution in [3.8, 4) is 0 Å². The zero-order valence-corrected chi connectivity index (χ0v) is 13.1. The second-order valence-corrected chi connectivity index (χ2v) is 5.48. The Hall–Kier alpha value is -1.50. The number of anilines is 3. The zero-order valence-electron chi connectivity index (χ0n) is 9.95. The highest BCUT2D eigenvalue weighted by molar-refractivity contribution is 9.10. The van der Waals surface area contributed by atoms with Crippen LogP contribution in [0.5, 0.6) is 0 Å². The Balaban J connectivity index is 2.07. The summed E-state index contributed by atoms with van der Waals surface area (Å²) in [6.45, 7) is 0. The Morgan fingerprint density at radius 3 is 2.60 bits per heavy atom. The van der Waals surface area contributed by atoms with E-state index in [1.54, 1.807) is 24.3 Å². The van der Waals surface area contributed by atoms with Gasteiger partial charge in [0, 0.05) is 5.69 Å². The predicted molar refractivity (Wildman–Crippen MR) is 85.5 cm³/mol. The van der Waals surface area contributed by atoms with Crippen LogP contribution in [0.1, 0.15) is 0 Å². The van der Waals surface area contributed by atoms with Crippen molar-refractivity contribution < 1.29 is 4.79 Å². The van der Waals surface area contributed by atoms with Crippen LogP contribution in [0.25, 0.3) is 0 Å². The predicted octanol–water partition coefficient (Wildman–Crippen LogP) is 4.38. The molecule has 0 saturated carbocycles. The molecule has 0 radical (unpaired) electrons. The summed E-state index contributed by atoms with van der Waals surface area (Å²) in [6, 6.07) is 5.97. The molecular formula is C12H9BrCl2N4O. The molecule has 20 heavy (non-hydrogen) atoms. The largest absolute Gasteiger partial charge is 0.397 e. The topological polar surface area (TPSA) is 80.0 Å². The lowest BCUT2D eigenvalue weighted by atomic mass is 10.3. The fourth-order valence-electron chi connectivity index (χ4n) is 1.39. The van der Waals surface area contributed by atoms with E-state index in [1.165, 1.54) is 6.20 Å². The van der Waals surface area contributed by atoms with E-state index in [0.29, 0.717) is 31.7 Å². The number of rotatable bonds is 2. The first-order valence-electron chi connectivity index (χ1n) is 5.40. The molecule has 0 unspecified atom stereocenters. The number of hydrogen-bond donors (Lipinski definition) is 3. The molecule has 104 valence electrons. The van der Waals surface area contributed by atoms with E-state index in [0.717, 1.165) is 0 Å². The number of urea groups is 1. The van der Waals surface area contributed by atoms with Crippen LogP contribution in [0.4, 0.5) is 22.0 Å². The highest BCUT2D eigenvalue weighted by atomic mass is 79.9. The number of hydrogen-bond acceptors (Lipinski definition) is 3. The minimum atomic E-state index is -0.457. The lowest BCUT2D eigenvalue weighted by Gasteiger charge is -2.09. The van der Waals surface area contributed by atoms with E-state index in [2.05, 4.69) is 31.5 Å². The highest BCUT2D eigenvalue weighted by Gasteiger charge is 2.08. The molecule has 2 aromatic rings. The van der Waals surface area contributed by atoms with Crippen LogP contribution < -0.4 is 16.4 Å². The fraction of sp³-hybridized carbons (Fsp3) is 0. The van der Waals surface area contributed by atoms with Gasteiger partial charge in [-0.3, -0.25) is 5.32 Å². The monoisotopic (exact) mass is 374 g/mol. The highest BCUT2D eigenvalue weighted by Crippen LogP contribution is 2.25. The third-order valence-corrected chi connectivity index (χ3v) is 3.62. The van der Waals surface area contributed by atoms with Gasteiger partial charge in [0.15, 0.2) is 0 Å². The molecule has 0 bridgehead atoms. The summed E-state index contributed by atoms with van der Waals surface area (Å²) < 4.78 is 0.585. The molecule has 1 aromatic heterocycles. The van der Waals surface area contributed by atoms with E-state index < -0.39 is 6.03 Å². The minimum Gasteiger partial charge on any atom is -0.397 e. The lowest BCUT2D eigenvalue weighted by Crippen LogP contribution is -2.20. The van der Waals surface area contributed by atoms with Crippen molar-refractivity contribution in [2.45, 2.75) is 0 Å². The molecule has 1 heterocycles. The lowest BCUT2D eigenvalue weighted by molar-refractivity contribution is 0.262. The van der Waals surface area contributed by atoms with Crippen molar-refractivity contribution in [1.82, 2.24) is 4.98 Å². The average molecular weight is 376 g/mol. The molecule has 0 atom stereocenters. The number of aromatic nitrogens is 1. The summed E-state index contributed by atoms with van der Waals surface area (Å²) in [5.41, 5.74) is 6.57. The van der Waals surface area contributed by atoms with Crippen LogP contribution in [0.3, 0.4) is 0 Å². The van der Waals surface area contributed by atoms with E-state index in [-0.39, 0.29) is 0 Å². The minimum absolute atomic E-state index is 0.358. The molecule has 1 aromatic carbocycles. The van der Waals surface area contributed by atoms with Gasteiger partial charge in [-0.1, -0.05) is 23.2 Å². The number of halogens is 3. The van der Waals surface area contributed by atoms with Crippen LogP contribution in [-0.2, 0) is 0 Å². The number of nitrogens with zero attached hydrogens (tertiary/aromatic N) is 1. The second kappa shape index (κ2) is 6.30. The number of carbonyl (C=O) groups is 1. The van der Waals surface area contributed by atoms with Gasteiger partial charge < -0.3 is 11.1 Å². The smallest absolute Gasteiger partial charge is 0.324 e. The van der Waals surface area contributed by atoms with Gasteiger partial charge in [-0.2, -0.15) is 0 Å². The Morgan fingerprint density at radius 2 is 1.95 bits per heavy atom. The molecule has 0 aliphatic heterocycles. The van der Waals surface area contributed by atoms with Gasteiger partial charge >= 0.3 is 6.03 Å². The third-order valence-electron chi connectivity index (χ3n) is 2.27. The summed E-state index contributed by atoms with van der Waals surface area (Å²) in [5, 5.41) is 5.97. The Bertz CT molecular complexity index is 666. The first-order valence-corrected chi connectivity index (χ1v) is 6.94. The van der Waals surface area contributed by atoms with Gasteiger partial charge in [0.1, 0.15) is 5.82 Å². The summed E-state index contributed by atoms with van der Waals surface area (Å²) in [4.78, 5) is 15.8. The summed E-state index contributed by atoms with van der Waals surface area (Å²) in [7, 11) is 0. The van der Waals surface area contributed by atoms with E-state index >= 15 is 0 Å². The Kier molecular flexibility index (Phi) is 4.69. The zero-order chi connectivity index (χ0) is 14.7. The molecule has 0 spiro atoms. The molecule has 0 aliphatic rings. The first-order chi connectivity index (χ1) is 9.45. The summed E-state index contributed by atoms with van der Waals surface area (Å²) >= 11 is 14.9. The number of nitrogens with one attached hydrogen (secondary N) is 2. The third kappa shape index (κ3) is 3.75. The maximum absolute atomic E-state index is 11.8. The Morgan fingerprint density at radius 1 is 1.20 bits per heavy atom. The number of pyridine rings is 1. The van der Waals surface area contributed by atoms with Gasteiger partial charge in [0.05, 0.1) is 26.4 Å². The van der Waals surface area contributed by atoms with E-state index in [4.69, 9.17) is 28.9 Å². The number of carbonyl (C=O) groups excluding carboxylic acids is 1. The molecule has 0 aliphatic carbocycles. The number of benzene rings is 1.